The number of alkyl halides is 3. The topological polar surface area (TPSA) is 47.6 Å². The summed E-state index contributed by atoms with van der Waals surface area (Å²) in [4.78, 5) is 12.5. The van der Waals surface area contributed by atoms with E-state index in [4.69, 9.17) is 21.1 Å². The van der Waals surface area contributed by atoms with Crippen molar-refractivity contribution >= 4 is 23.2 Å². The van der Waals surface area contributed by atoms with Gasteiger partial charge in [-0.3, -0.25) is 4.79 Å². The normalized spacial score (nSPS) is 15.0. The number of benzene rings is 2. The summed E-state index contributed by atoms with van der Waals surface area (Å²) in [6, 6.07) is 5.24. The summed E-state index contributed by atoms with van der Waals surface area (Å²) in [5, 5.41) is 2.11. The highest BCUT2D eigenvalue weighted by molar-refractivity contribution is 6.31. The van der Waals surface area contributed by atoms with E-state index < -0.39 is 22.7 Å². The van der Waals surface area contributed by atoms with Crippen LogP contribution in [0.4, 0.5) is 18.9 Å². The molecule has 0 aliphatic carbocycles. The Morgan fingerprint density at radius 1 is 1.15 bits per heavy atom. The fourth-order valence-corrected chi connectivity index (χ4v) is 3.68. The van der Waals surface area contributed by atoms with Crippen LogP contribution in [0.5, 0.6) is 11.5 Å². The van der Waals surface area contributed by atoms with Gasteiger partial charge in [-0.25, -0.2) is 0 Å². The molecule has 2 aromatic rings. The molecule has 2 heterocycles. The van der Waals surface area contributed by atoms with Crippen molar-refractivity contribution in [3.8, 4) is 11.5 Å². The van der Waals surface area contributed by atoms with Crippen molar-refractivity contribution in [1.82, 2.24) is 0 Å². The molecule has 0 saturated heterocycles. The Bertz CT molecular complexity index is 895. The Kier molecular flexibility index (Phi) is 4.42. The van der Waals surface area contributed by atoms with Crippen LogP contribution in [-0.2, 0) is 30.2 Å². The number of carbonyl (C=O) groups is 1. The molecule has 0 unspecified atom stereocenters. The molecule has 27 heavy (non-hydrogen) atoms. The van der Waals surface area contributed by atoms with Crippen LogP contribution in [0.25, 0.3) is 0 Å². The summed E-state index contributed by atoms with van der Waals surface area (Å²) in [6.45, 7) is 1.08. The first-order chi connectivity index (χ1) is 12.8. The number of rotatable bonds is 3. The lowest BCUT2D eigenvalue weighted by Gasteiger charge is -2.14. The van der Waals surface area contributed by atoms with Crippen molar-refractivity contribution < 1.29 is 27.4 Å². The molecule has 4 rings (SSSR count). The Morgan fingerprint density at radius 3 is 2.70 bits per heavy atom. The Balaban J connectivity index is 1.58. The van der Waals surface area contributed by atoms with Crippen molar-refractivity contribution in [3.63, 3.8) is 0 Å². The lowest BCUT2D eigenvalue weighted by Crippen LogP contribution is -2.17. The molecule has 2 aromatic carbocycles. The molecule has 1 amide bonds. The predicted molar refractivity (Wildman–Crippen MR) is 93.6 cm³/mol. The second-order valence-corrected chi connectivity index (χ2v) is 6.84. The smallest absolute Gasteiger partial charge is 0.417 e. The molecule has 0 fully saturated rings. The van der Waals surface area contributed by atoms with Crippen molar-refractivity contribution in [1.29, 1.82) is 0 Å². The second-order valence-electron chi connectivity index (χ2n) is 6.43. The van der Waals surface area contributed by atoms with E-state index in [1.165, 1.54) is 6.07 Å². The number of ether oxygens (including phenoxy) is 2. The van der Waals surface area contributed by atoms with Crippen LogP contribution in [0.2, 0.25) is 5.02 Å². The summed E-state index contributed by atoms with van der Waals surface area (Å²) < 4.78 is 50.2. The van der Waals surface area contributed by atoms with Gasteiger partial charge in [0.25, 0.3) is 0 Å². The van der Waals surface area contributed by atoms with Crippen molar-refractivity contribution in [2.45, 2.75) is 25.4 Å². The largest absolute Gasteiger partial charge is 0.493 e. The highest BCUT2D eigenvalue weighted by Gasteiger charge is 2.33. The average Bonchev–Trinajstić information content (AvgIpc) is 3.24. The molecule has 2 aliphatic heterocycles. The quantitative estimate of drug-likeness (QED) is 0.834. The molecule has 1 N–H and O–H groups in total. The van der Waals surface area contributed by atoms with Gasteiger partial charge in [0, 0.05) is 35.2 Å². The molecule has 0 atom stereocenters. The molecular formula is C19H15ClF3NO3. The molecule has 0 radical (unpaired) electrons. The van der Waals surface area contributed by atoms with Crippen LogP contribution < -0.4 is 14.8 Å². The first kappa shape index (κ1) is 18.0. The first-order valence-corrected chi connectivity index (χ1v) is 8.80. The van der Waals surface area contributed by atoms with Gasteiger partial charge in [0.15, 0.2) is 0 Å². The molecule has 2 aliphatic rings. The maximum atomic E-state index is 13.0. The van der Waals surface area contributed by atoms with Gasteiger partial charge in [0.05, 0.1) is 30.2 Å². The van der Waals surface area contributed by atoms with Gasteiger partial charge in [-0.2, -0.15) is 13.2 Å². The Hall–Kier alpha value is -2.41. The van der Waals surface area contributed by atoms with E-state index in [1.807, 2.05) is 6.07 Å². The molecule has 0 saturated carbocycles. The number of amides is 1. The van der Waals surface area contributed by atoms with E-state index in [2.05, 4.69) is 5.32 Å². The fourth-order valence-electron chi connectivity index (χ4n) is 3.46. The second kappa shape index (κ2) is 6.64. The maximum Gasteiger partial charge on any atom is 0.417 e. The molecule has 142 valence electrons. The molecule has 0 aromatic heterocycles. The highest BCUT2D eigenvalue weighted by atomic mass is 35.5. The number of fused-ring (bicyclic) bond motifs is 2. The number of hydrogen-bond donors (Lipinski definition) is 1. The van der Waals surface area contributed by atoms with Gasteiger partial charge >= 0.3 is 6.18 Å². The third-order valence-electron chi connectivity index (χ3n) is 4.65. The highest BCUT2D eigenvalue weighted by Crippen LogP contribution is 2.41. The van der Waals surface area contributed by atoms with Gasteiger partial charge in [0.1, 0.15) is 11.5 Å². The number of halogens is 4. The monoisotopic (exact) mass is 397 g/mol. The number of nitrogens with one attached hydrogen (secondary N) is 1. The Labute approximate surface area is 158 Å². The van der Waals surface area contributed by atoms with E-state index in [0.29, 0.717) is 25.4 Å². The SMILES string of the molecule is O=C(Cc1c2c(cc3c1OCC3)OCC2)Nc1ccc(Cl)c(C(F)(F)F)c1. The molecule has 8 heteroatoms. The van der Waals surface area contributed by atoms with Crippen molar-refractivity contribution in [2.75, 3.05) is 18.5 Å². The van der Waals surface area contributed by atoms with E-state index in [0.717, 1.165) is 41.0 Å². The van der Waals surface area contributed by atoms with Crippen molar-refractivity contribution in [2.24, 2.45) is 0 Å². The fraction of sp³-hybridized carbons (Fsp3) is 0.316. The minimum absolute atomic E-state index is 0.00115. The number of anilines is 1. The minimum atomic E-state index is -4.59. The predicted octanol–water partition coefficient (Wildman–Crippen LogP) is 4.41. The standard InChI is InChI=1S/C19H15ClF3NO3/c20-15-2-1-11(8-14(15)19(21,22)23)24-17(25)9-13-12-4-6-26-16(12)7-10-3-5-27-18(10)13/h1-2,7-8H,3-6,9H2,(H,24,25). The maximum absolute atomic E-state index is 13.0. The molecule has 0 spiro atoms. The molecule has 4 nitrogen and oxygen atoms in total. The zero-order chi connectivity index (χ0) is 19.2. The van der Waals surface area contributed by atoms with Gasteiger partial charge in [-0.1, -0.05) is 11.6 Å². The lowest BCUT2D eigenvalue weighted by molar-refractivity contribution is -0.137. The summed E-state index contributed by atoms with van der Waals surface area (Å²) >= 11 is 5.61. The third kappa shape index (κ3) is 3.43. The zero-order valence-electron chi connectivity index (χ0n) is 14.1. The number of carbonyl (C=O) groups excluding carboxylic acids is 1. The summed E-state index contributed by atoms with van der Waals surface area (Å²) in [6.07, 6.45) is -3.18. The lowest BCUT2D eigenvalue weighted by atomic mass is 9.97. The third-order valence-corrected chi connectivity index (χ3v) is 4.98. The van der Waals surface area contributed by atoms with E-state index >= 15 is 0 Å². The molecule has 0 bridgehead atoms. The van der Waals surface area contributed by atoms with Crippen LogP contribution in [0, 0.1) is 0 Å². The summed E-state index contributed by atoms with van der Waals surface area (Å²) in [5.74, 6) is 1.03. The molecular weight excluding hydrogens is 383 g/mol. The van der Waals surface area contributed by atoms with E-state index in [-0.39, 0.29) is 12.1 Å². The van der Waals surface area contributed by atoms with Crippen LogP contribution in [-0.4, -0.2) is 19.1 Å². The van der Waals surface area contributed by atoms with Crippen LogP contribution in [0.3, 0.4) is 0 Å². The number of hydrogen-bond acceptors (Lipinski definition) is 3. The van der Waals surface area contributed by atoms with Gasteiger partial charge in [0.2, 0.25) is 5.91 Å². The van der Waals surface area contributed by atoms with Gasteiger partial charge in [-0.15, -0.1) is 0 Å². The van der Waals surface area contributed by atoms with E-state index in [1.54, 1.807) is 0 Å². The zero-order valence-corrected chi connectivity index (χ0v) is 14.8. The minimum Gasteiger partial charge on any atom is -0.493 e. The van der Waals surface area contributed by atoms with Gasteiger partial charge < -0.3 is 14.8 Å². The van der Waals surface area contributed by atoms with Crippen LogP contribution >= 0.6 is 11.6 Å². The Morgan fingerprint density at radius 2 is 1.93 bits per heavy atom. The van der Waals surface area contributed by atoms with Crippen LogP contribution in [0.15, 0.2) is 24.3 Å². The van der Waals surface area contributed by atoms with E-state index in [9.17, 15) is 18.0 Å². The average molecular weight is 398 g/mol. The summed E-state index contributed by atoms with van der Waals surface area (Å²) in [5.41, 5.74) is 1.72. The van der Waals surface area contributed by atoms with Gasteiger partial charge in [-0.05, 0) is 24.3 Å². The van der Waals surface area contributed by atoms with Crippen LogP contribution in [0.1, 0.15) is 22.3 Å². The first-order valence-electron chi connectivity index (χ1n) is 8.43. The van der Waals surface area contributed by atoms with Crippen molar-refractivity contribution in [3.05, 3.63) is 51.5 Å². The summed E-state index contributed by atoms with van der Waals surface area (Å²) in [7, 11) is 0.